The summed E-state index contributed by atoms with van der Waals surface area (Å²) in [4.78, 5) is 16.3. The predicted octanol–water partition coefficient (Wildman–Crippen LogP) is 2.46. The molecule has 0 radical (unpaired) electrons. The van der Waals surface area contributed by atoms with E-state index in [1.54, 1.807) is 4.90 Å². The third kappa shape index (κ3) is 5.13. The van der Waals surface area contributed by atoms with Gasteiger partial charge in [0.05, 0.1) is 0 Å². The highest BCUT2D eigenvalue weighted by atomic mass is 16.6. The first-order valence-corrected chi connectivity index (χ1v) is 8.65. The van der Waals surface area contributed by atoms with Crippen molar-refractivity contribution < 1.29 is 9.53 Å². The summed E-state index contributed by atoms with van der Waals surface area (Å²) in [7, 11) is 4.06. The highest BCUT2D eigenvalue weighted by Gasteiger charge is 2.30. The Labute approximate surface area is 135 Å². The Balaban J connectivity index is 1.73. The normalized spacial score (nSPS) is 30.3. The molecule has 2 fully saturated rings. The lowest BCUT2D eigenvalue weighted by atomic mass is 9.90. The van der Waals surface area contributed by atoms with Crippen LogP contribution in [-0.2, 0) is 4.74 Å². The zero-order chi connectivity index (χ0) is 16.3. The number of rotatable bonds is 3. The number of amides is 1. The standard InChI is InChI=1S/C17H33N3O2/c1-17(2,3)22-16(21)20(5)15-8-6-13(7-9-15)18-14-10-11-19(4)12-14/h13-15,18H,6-12H2,1-5H3. The molecule has 5 heteroatoms. The maximum Gasteiger partial charge on any atom is 0.410 e. The number of hydrogen-bond donors (Lipinski definition) is 1. The van der Waals surface area contributed by atoms with Crippen LogP contribution in [-0.4, -0.2) is 66.8 Å². The molecular formula is C17H33N3O2. The van der Waals surface area contributed by atoms with E-state index in [1.807, 2.05) is 27.8 Å². The summed E-state index contributed by atoms with van der Waals surface area (Å²) in [6.45, 7) is 8.11. The molecule has 1 unspecified atom stereocenters. The summed E-state index contributed by atoms with van der Waals surface area (Å²) >= 11 is 0. The van der Waals surface area contributed by atoms with Crippen LogP contribution in [0.25, 0.3) is 0 Å². The minimum atomic E-state index is -0.418. The number of carbonyl (C=O) groups excluding carboxylic acids is 1. The first-order chi connectivity index (χ1) is 10.2. The van der Waals surface area contributed by atoms with E-state index >= 15 is 0 Å². The van der Waals surface area contributed by atoms with Crippen molar-refractivity contribution in [2.45, 2.75) is 76.6 Å². The number of hydrogen-bond acceptors (Lipinski definition) is 4. The second-order valence-electron chi connectivity index (χ2n) is 8.01. The molecule has 0 aromatic rings. The van der Waals surface area contributed by atoms with Crippen LogP contribution in [0.4, 0.5) is 4.79 Å². The maximum absolute atomic E-state index is 12.1. The quantitative estimate of drug-likeness (QED) is 0.869. The van der Waals surface area contributed by atoms with Crippen LogP contribution < -0.4 is 5.32 Å². The second kappa shape index (κ2) is 7.18. The van der Waals surface area contributed by atoms with Gasteiger partial charge in [-0.05, 0) is 66.5 Å². The number of carbonyl (C=O) groups is 1. The SMILES string of the molecule is CN1CCC(NC2CCC(N(C)C(=O)OC(C)(C)C)CC2)C1. The van der Waals surface area contributed by atoms with E-state index in [-0.39, 0.29) is 6.09 Å². The lowest BCUT2D eigenvalue weighted by Crippen LogP contribution is -2.47. The van der Waals surface area contributed by atoms with Gasteiger partial charge in [-0.1, -0.05) is 0 Å². The Kier molecular flexibility index (Phi) is 5.72. The molecule has 22 heavy (non-hydrogen) atoms. The molecule has 5 nitrogen and oxygen atoms in total. The molecule has 1 aliphatic carbocycles. The Hall–Kier alpha value is -0.810. The van der Waals surface area contributed by atoms with Crippen LogP contribution in [0.1, 0.15) is 52.9 Å². The van der Waals surface area contributed by atoms with Crippen LogP contribution in [0.5, 0.6) is 0 Å². The number of likely N-dealkylation sites (tertiary alicyclic amines) is 1. The topological polar surface area (TPSA) is 44.8 Å². The van der Waals surface area contributed by atoms with Gasteiger partial charge in [0.1, 0.15) is 5.60 Å². The van der Waals surface area contributed by atoms with Crippen molar-refractivity contribution in [1.29, 1.82) is 0 Å². The summed E-state index contributed by atoms with van der Waals surface area (Å²) in [6.07, 6.45) is 5.50. The van der Waals surface area contributed by atoms with E-state index in [2.05, 4.69) is 17.3 Å². The molecule has 0 aromatic heterocycles. The van der Waals surface area contributed by atoms with Crippen molar-refractivity contribution in [1.82, 2.24) is 15.1 Å². The third-order valence-corrected chi connectivity index (χ3v) is 4.79. The molecule has 1 amide bonds. The molecule has 1 heterocycles. The Morgan fingerprint density at radius 2 is 1.77 bits per heavy atom. The molecule has 1 saturated carbocycles. The van der Waals surface area contributed by atoms with Crippen LogP contribution >= 0.6 is 0 Å². The number of nitrogens with zero attached hydrogens (tertiary/aromatic N) is 2. The zero-order valence-corrected chi connectivity index (χ0v) is 14.9. The fourth-order valence-electron chi connectivity index (χ4n) is 3.52. The summed E-state index contributed by atoms with van der Waals surface area (Å²) in [5, 5.41) is 3.80. The fourth-order valence-corrected chi connectivity index (χ4v) is 3.52. The first kappa shape index (κ1) is 17.5. The smallest absolute Gasteiger partial charge is 0.410 e. The lowest BCUT2D eigenvalue weighted by Gasteiger charge is -2.36. The van der Waals surface area contributed by atoms with E-state index in [1.165, 1.54) is 13.0 Å². The minimum Gasteiger partial charge on any atom is -0.444 e. The molecule has 1 aliphatic heterocycles. The number of ether oxygens (including phenoxy) is 1. The average molecular weight is 311 g/mol. The van der Waals surface area contributed by atoms with E-state index < -0.39 is 5.60 Å². The van der Waals surface area contributed by atoms with Gasteiger partial charge in [-0.15, -0.1) is 0 Å². The molecular weight excluding hydrogens is 278 g/mol. The van der Waals surface area contributed by atoms with Gasteiger partial charge in [0.15, 0.2) is 0 Å². The van der Waals surface area contributed by atoms with E-state index in [0.29, 0.717) is 18.1 Å². The van der Waals surface area contributed by atoms with Crippen molar-refractivity contribution in [3.8, 4) is 0 Å². The molecule has 2 rings (SSSR count). The first-order valence-electron chi connectivity index (χ1n) is 8.65. The molecule has 1 N–H and O–H groups in total. The van der Waals surface area contributed by atoms with E-state index in [9.17, 15) is 4.79 Å². The number of likely N-dealkylation sites (N-methyl/N-ethyl adjacent to an activating group) is 1. The second-order valence-corrected chi connectivity index (χ2v) is 8.01. The molecule has 0 aromatic carbocycles. The zero-order valence-electron chi connectivity index (χ0n) is 14.9. The minimum absolute atomic E-state index is 0.193. The highest BCUT2D eigenvalue weighted by Crippen LogP contribution is 2.25. The predicted molar refractivity (Wildman–Crippen MR) is 89.1 cm³/mol. The highest BCUT2D eigenvalue weighted by molar-refractivity contribution is 5.68. The van der Waals surface area contributed by atoms with Crippen LogP contribution in [0.15, 0.2) is 0 Å². The van der Waals surface area contributed by atoms with Gasteiger partial charge < -0.3 is 19.9 Å². The molecule has 1 atom stereocenters. The van der Waals surface area contributed by atoms with Crippen LogP contribution in [0.2, 0.25) is 0 Å². The van der Waals surface area contributed by atoms with Crippen molar-refractivity contribution in [2.75, 3.05) is 27.2 Å². The summed E-state index contributed by atoms with van der Waals surface area (Å²) in [6, 6.07) is 1.58. The van der Waals surface area contributed by atoms with Gasteiger partial charge >= 0.3 is 6.09 Å². The molecule has 1 saturated heterocycles. The molecule has 0 spiro atoms. The van der Waals surface area contributed by atoms with Gasteiger partial charge in [-0.3, -0.25) is 0 Å². The van der Waals surface area contributed by atoms with Crippen molar-refractivity contribution in [3.63, 3.8) is 0 Å². The van der Waals surface area contributed by atoms with Crippen molar-refractivity contribution in [2.24, 2.45) is 0 Å². The van der Waals surface area contributed by atoms with Gasteiger partial charge in [0, 0.05) is 31.7 Å². The van der Waals surface area contributed by atoms with Crippen LogP contribution in [0.3, 0.4) is 0 Å². The monoisotopic (exact) mass is 311 g/mol. The maximum atomic E-state index is 12.1. The largest absolute Gasteiger partial charge is 0.444 e. The van der Waals surface area contributed by atoms with Crippen molar-refractivity contribution >= 4 is 6.09 Å². The molecule has 128 valence electrons. The average Bonchev–Trinajstić information content (AvgIpc) is 2.82. The third-order valence-electron chi connectivity index (χ3n) is 4.79. The Bertz CT molecular complexity index is 373. The summed E-state index contributed by atoms with van der Waals surface area (Å²) in [5.74, 6) is 0. The Morgan fingerprint density at radius 3 is 2.27 bits per heavy atom. The van der Waals surface area contributed by atoms with Gasteiger partial charge in [0.25, 0.3) is 0 Å². The van der Waals surface area contributed by atoms with Crippen LogP contribution in [0, 0.1) is 0 Å². The summed E-state index contributed by atoms with van der Waals surface area (Å²) < 4.78 is 5.46. The van der Waals surface area contributed by atoms with Gasteiger partial charge in [-0.2, -0.15) is 0 Å². The van der Waals surface area contributed by atoms with Gasteiger partial charge in [0.2, 0.25) is 0 Å². The van der Waals surface area contributed by atoms with E-state index in [0.717, 1.165) is 32.2 Å². The van der Waals surface area contributed by atoms with E-state index in [4.69, 9.17) is 4.74 Å². The Morgan fingerprint density at radius 1 is 1.14 bits per heavy atom. The fraction of sp³-hybridized carbons (Fsp3) is 0.941. The molecule has 0 bridgehead atoms. The van der Waals surface area contributed by atoms with Crippen molar-refractivity contribution in [3.05, 3.63) is 0 Å². The number of nitrogens with one attached hydrogen (secondary N) is 1. The lowest BCUT2D eigenvalue weighted by molar-refractivity contribution is 0.0178. The van der Waals surface area contributed by atoms with Gasteiger partial charge in [-0.25, -0.2) is 4.79 Å². The summed E-state index contributed by atoms with van der Waals surface area (Å²) in [5.41, 5.74) is -0.418. The molecule has 2 aliphatic rings.